The summed E-state index contributed by atoms with van der Waals surface area (Å²) in [6.45, 7) is 5.09. The predicted octanol–water partition coefficient (Wildman–Crippen LogP) is 2.93. The zero-order valence-electron chi connectivity index (χ0n) is 13.1. The summed E-state index contributed by atoms with van der Waals surface area (Å²) < 4.78 is 2.05. The topological polar surface area (TPSA) is 55.9 Å². The first-order valence-electron chi connectivity index (χ1n) is 8.38. The van der Waals surface area contributed by atoms with Crippen molar-refractivity contribution in [2.24, 2.45) is 23.6 Å². The van der Waals surface area contributed by atoms with E-state index in [1.807, 2.05) is 0 Å². The first-order valence-corrected chi connectivity index (χ1v) is 8.75. The second-order valence-corrected chi connectivity index (χ2v) is 7.07. The van der Waals surface area contributed by atoms with Gasteiger partial charge in [-0.25, -0.2) is 0 Å². The second-order valence-electron chi connectivity index (χ2n) is 6.69. The average molecular weight is 311 g/mol. The summed E-state index contributed by atoms with van der Waals surface area (Å²) in [4.78, 5) is 0. The molecule has 0 saturated heterocycles. The van der Waals surface area contributed by atoms with Crippen molar-refractivity contribution in [3.63, 3.8) is 0 Å². The fourth-order valence-electron chi connectivity index (χ4n) is 4.54. The molecule has 0 aromatic carbocycles. The molecule has 2 aliphatic rings. The average Bonchev–Trinajstić information content (AvgIpc) is 3.19. The van der Waals surface area contributed by atoms with Gasteiger partial charge in [-0.05, 0) is 50.4 Å². The maximum absolute atomic E-state index is 6.54. The first-order chi connectivity index (χ1) is 10.2. The van der Waals surface area contributed by atoms with Crippen molar-refractivity contribution in [1.29, 1.82) is 0 Å². The molecule has 2 saturated carbocycles. The Hall–Kier alpha value is -0.580. The molecule has 2 fully saturated rings. The van der Waals surface area contributed by atoms with Crippen LogP contribution in [0.15, 0.2) is 0 Å². The molecule has 3 rings (SSSR count). The molecule has 0 radical (unpaired) electrons. The number of rotatable bonds is 6. The van der Waals surface area contributed by atoms with E-state index in [0.717, 1.165) is 47.6 Å². The van der Waals surface area contributed by atoms with Crippen LogP contribution in [0.5, 0.6) is 0 Å². The minimum absolute atomic E-state index is 0.324. The van der Waals surface area contributed by atoms with E-state index in [1.54, 1.807) is 0 Å². The molecule has 21 heavy (non-hydrogen) atoms. The minimum atomic E-state index is 0.324. The number of hydrogen-bond donors (Lipinski definition) is 2. The third-order valence-electron chi connectivity index (χ3n) is 5.63. The van der Waals surface area contributed by atoms with Crippen LogP contribution < -0.4 is 11.3 Å². The number of hydrazine groups is 1. The Balaban J connectivity index is 1.79. The van der Waals surface area contributed by atoms with Crippen LogP contribution in [0, 0.1) is 17.8 Å². The Morgan fingerprint density at radius 3 is 2.71 bits per heavy atom. The molecule has 0 amide bonds. The lowest BCUT2D eigenvalue weighted by atomic mass is 9.82. The van der Waals surface area contributed by atoms with Crippen molar-refractivity contribution in [2.75, 3.05) is 0 Å². The van der Waals surface area contributed by atoms with E-state index in [1.165, 1.54) is 25.7 Å². The number of nitrogens with zero attached hydrogens (tertiary/aromatic N) is 2. The van der Waals surface area contributed by atoms with Crippen LogP contribution in [0.25, 0.3) is 0 Å². The molecular formula is C16H27ClN4. The van der Waals surface area contributed by atoms with Gasteiger partial charge in [0.1, 0.15) is 0 Å². The van der Waals surface area contributed by atoms with E-state index in [9.17, 15) is 0 Å². The number of nitrogens with one attached hydrogen (secondary N) is 1. The molecule has 2 bridgehead atoms. The molecule has 1 aromatic heterocycles. The number of fused-ring (bicyclic) bond motifs is 2. The van der Waals surface area contributed by atoms with Crippen molar-refractivity contribution in [2.45, 2.75) is 65.0 Å². The maximum atomic E-state index is 6.54. The van der Waals surface area contributed by atoms with E-state index < -0.39 is 0 Å². The number of aryl methyl sites for hydroxylation is 2. The van der Waals surface area contributed by atoms with Gasteiger partial charge in [0.05, 0.1) is 16.4 Å². The molecule has 1 aromatic rings. The predicted molar refractivity (Wildman–Crippen MR) is 86.0 cm³/mol. The van der Waals surface area contributed by atoms with Crippen LogP contribution in [0.3, 0.4) is 0 Å². The molecule has 3 N–H and O–H groups in total. The van der Waals surface area contributed by atoms with Gasteiger partial charge >= 0.3 is 0 Å². The molecule has 4 nitrogen and oxygen atoms in total. The molecule has 1 heterocycles. The normalized spacial score (nSPS) is 29.2. The summed E-state index contributed by atoms with van der Waals surface area (Å²) >= 11 is 6.54. The van der Waals surface area contributed by atoms with Gasteiger partial charge in [0.15, 0.2) is 0 Å². The second kappa shape index (κ2) is 6.27. The molecule has 0 spiro atoms. The maximum Gasteiger partial charge on any atom is 0.0850 e. The van der Waals surface area contributed by atoms with Crippen LogP contribution in [-0.4, -0.2) is 15.8 Å². The smallest absolute Gasteiger partial charge is 0.0850 e. The Kier molecular flexibility index (Phi) is 4.57. The van der Waals surface area contributed by atoms with E-state index >= 15 is 0 Å². The van der Waals surface area contributed by atoms with Crippen LogP contribution >= 0.6 is 11.6 Å². The van der Waals surface area contributed by atoms with Gasteiger partial charge in [-0.15, -0.1) is 0 Å². The quantitative estimate of drug-likeness (QED) is 0.627. The van der Waals surface area contributed by atoms with Gasteiger partial charge in [0.25, 0.3) is 0 Å². The van der Waals surface area contributed by atoms with Crippen molar-refractivity contribution in [3.8, 4) is 0 Å². The summed E-state index contributed by atoms with van der Waals surface area (Å²) in [5.41, 5.74) is 5.25. The lowest BCUT2D eigenvalue weighted by molar-refractivity contribution is 0.245. The Bertz CT molecular complexity index is 499. The van der Waals surface area contributed by atoms with Crippen LogP contribution in [0.4, 0.5) is 0 Å². The van der Waals surface area contributed by atoms with Crippen LogP contribution in [0.1, 0.15) is 50.9 Å². The molecule has 5 heteroatoms. The zero-order chi connectivity index (χ0) is 15.0. The van der Waals surface area contributed by atoms with Crippen LogP contribution in [-0.2, 0) is 19.4 Å². The number of hydrogen-bond acceptors (Lipinski definition) is 3. The van der Waals surface area contributed by atoms with Crippen molar-refractivity contribution in [1.82, 2.24) is 15.2 Å². The van der Waals surface area contributed by atoms with E-state index in [2.05, 4.69) is 29.1 Å². The molecular weight excluding hydrogens is 284 g/mol. The summed E-state index contributed by atoms with van der Waals surface area (Å²) in [5, 5.41) is 5.47. The standard InChI is InChI=1S/C16H27ClN4/c1-3-13-16(17)15(21(4-2)20-13)9-14(19-18)12-8-10-5-6-11(12)7-10/h10-12,14,19H,3-9,18H2,1-2H3. The highest BCUT2D eigenvalue weighted by Gasteiger charge is 2.43. The molecule has 118 valence electrons. The van der Waals surface area contributed by atoms with Gasteiger partial charge in [-0.1, -0.05) is 24.9 Å². The Labute approximate surface area is 132 Å². The molecule has 4 atom stereocenters. The first kappa shape index (κ1) is 15.3. The summed E-state index contributed by atoms with van der Waals surface area (Å²) in [6.07, 6.45) is 7.32. The number of halogens is 1. The summed E-state index contributed by atoms with van der Waals surface area (Å²) in [7, 11) is 0. The van der Waals surface area contributed by atoms with Gasteiger partial charge in [-0.3, -0.25) is 16.0 Å². The van der Waals surface area contributed by atoms with Crippen LogP contribution in [0.2, 0.25) is 5.02 Å². The van der Waals surface area contributed by atoms with E-state index in [-0.39, 0.29) is 0 Å². The summed E-state index contributed by atoms with van der Waals surface area (Å²) in [6, 6.07) is 0.324. The van der Waals surface area contributed by atoms with Gasteiger partial charge in [-0.2, -0.15) is 5.10 Å². The molecule has 0 aliphatic heterocycles. The highest BCUT2D eigenvalue weighted by Crippen LogP contribution is 2.50. The van der Waals surface area contributed by atoms with Crippen molar-refractivity contribution < 1.29 is 0 Å². The zero-order valence-corrected chi connectivity index (χ0v) is 13.9. The summed E-state index contributed by atoms with van der Waals surface area (Å²) in [5.74, 6) is 8.39. The van der Waals surface area contributed by atoms with Gasteiger partial charge in [0.2, 0.25) is 0 Å². The van der Waals surface area contributed by atoms with Crippen molar-refractivity contribution in [3.05, 3.63) is 16.4 Å². The van der Waals surface area contributed by atoms with Crippen molar-refractivity contribution >= 4 is 11.6 Å². The fourth-order valence-corrected chi connectivity index (χ4v) is 4.89. The minimum Gasteiger partial charge on any atom is -0.271 e. The highest BCUT2D eigenvalue weighted by molar-refractivity contribution is 6.31. The molecule has 4 unspecified atom stereocenters. The molecule has 2 aliphatic carbocycles. The largest absolute Gasteiger partial charge is 0.271 e. The lowest BCUT2D eigenvalue weighted by Gasteiger charge is -2.30. The van der Waals surface area contributed by atoms with E-state index in [4.69, 9.17) is 17.4 Å². The fraction of sp³-hybridized carbons (Fsp3) is 0.812. The van der Waals surface area contributed by atoms with Gasteiger partial charge in [0, 0.05) is 19.0 Å². The third-order valence-corrected chi connectivity index (χ3v) is 6.07. The monoisotopic (exact) mass is 310 g/mol. The SMILES string of the molecule is CCc1nn(CC)c(CC(NN)C2CC3CCC2C3)c1Cl. The number of nitrogens with two attached hydrogens (primary N) is 1. The van der Waals surface area contributed by atoms with Gasteiger partial charge < -0.3 is 0 Å². The van der Waals surface area contributed by atoms with E-state index in [0.29, 0.717) is 12.0 Å². The third kappa shape index (κ3) is 2.73. The Morgan fingerprint density at radius 1 is 1.38 bits per heavy atom. The number of aromatic nitrogens is 2. The lowest BCUT2D eigenvalue weighted by Crippen LogP contribution is -2.44. The highest BCUT2D eigenvalue weighted by atomic mass is 35.5. The Morgan fingerprint density at radius 2 is 2.19 bits per heavy atom.